The van der Waals surface area contributed by atoms with Crippen LogP contribution in [0.25, 0.3) is 0 Å². The monoisotopic (exact) mass is 346 g/mol. The Bertz CT molecular complexity index is 959. The van der Waals surface area contributed by atoms with Gasteiger partial charge in [0.1, 0.15) is 0 Å². The van der Waals surface area contributed by atoms with Crippen LogP contribution in [0.1, 0.15) is 20.3 Å². The molecule has 0 saturated heterocycles. The predicted molar refractivity (Wildman–Crippen MR) is 117 cm³/mol. The van der Waals surface area contributed by atoms with Gasteiger partial charge < -0.3 is 0 Å². The zero-order valence-electron chi connectivity index (χ0n) is 15.8. The molecule has 0 N–H and O–H groups in total. The highest BCUT2D eigenvalue weighted by atomic mass is 14.1. The Kier molecular flexibility index (Phi) is 6.30. The Labute approximate surface area is 162 Å². The molecule has 2 bridgehead atoms. The standard InChI is InChI=1S/C27H22/c1-22-9-3-4-10-23(2)12-8-16-26(15-7-11-22)27-19-17-24-13-5-6-14-25(21-24)18-20-27/h5-8,11-20H,21H2,1-2H3/b15-7+,16-8+,19-17-,20-18-,22-11-,23-12+. The maximum atomic E-state index is 3.06. The van der Waals surface area contributed by atoms with Crippen molar-refractivity contribution in [1.82, 2.24) is 0 Å². The molecule has 0 aliphatic heterocycles. The van der Waals surface area contributed by atoms with Crippen molar-refractivity contribution in [1.29, 1.82) is 0 Å². The smallest absolute Gasteiger partial charge is 0.0000494 e. The van der Waals surface area contributed by atoms with Crippen LogP contribution in [0.15, 0.2) is 119 Å². The van der Waals surface area contributed by atoms with Crippen molar-refractivity contribution >= 4 is 0 Å². The molecule has 27 heavy (non-hydrogen) atoms. The zero-order chi connectivity index (χ0) is 18.9. The molecule has 0 atom stereocenters. The van der Waals surface area contributed by atoms with E-state index in [1.54, 1.807) is 0 Å². The first-order valence-electron chi connectivity index (χ1n) is 9.09. The lowest BCUT2D eigenvalue weighted by molar-refractivity contribution is 1.20. The van der Waals surface area contributed by atoms with Gasteiger partial charge in [0.15, 0.2) is 0 Å². The van der Waals surface area contributed by atoms with Crippen LogP contribution in [0.2, 0.25) is 0 Å². The molecule has 3 aliphatic rings. The summed E-state index contributed by atoms with van der Waals surface area (Å²) in [6.45, 7) is 3.99. The van der Waals surface area contributed by atoms with E-state index < -0.39 is 0 Å². The van der Waals surface area contributed by atoms with Crippen LogP contribution in [0.3, 0.4) is 0 Å². The lowest BCUT2D eigenvalue weighted by Crippen LogP contribution is -1.89. The van der Waals surface area contributed by atoms with Gasteiger partial charge in [-0.2, -0.15) is 0 Å². The van der Waals surface area contributed by atoms with Crippen molar-refractivity contribution in [3.05, 3.63) is 119 Å². The minimum atomic E-state index is 0.968. The maximum Gasteiger partial charge on any atom is -0.0000494 e. The van der Waals surface area contributed by atoms with Gasteiger partial charge in [-0.05, 0) is 65.5 Å². The van der Waals surface area contributed by atoms with E-state index in [1.165, 1.54) is 16.7 Å². The number of rotatable bonds is 0. The largest absolute Gasteiger partial charge is 0.0620 e. The fourth-order valence-corrected chi connectivity index (χ4v) is 2.77. The van der Waals surface area contributed by atoms with E-state index in [2.05, 4.69) is 84.4 Å². The van der Waals surface area contributed by atoms with Crippen LogP contribution in [0.4, 0.5) is 0 Å². The van der Waals surface area contributed by atoms with Crippen molar-refractivity contribution in [3.63, 3.8) is 0 Å². The molecule has 0 unspecified atom stereocenters. The summed E-state index contributed by atoms with van der Waals surface area (Å²) in [5, 5.41) is 0. The molecular weight excluding hydrogens is 324 g/mol. The lowest BCUT2D eigenvalue weighted by atomic mass is 9.97. The fourth-order valence-electron chi connectivity index (χ4n) is 2.77. The molecule has 0 aromatic carbocycles. The Morgan fingerprint density at radius 3 is 1.56 bits per heavy atom. The van der Waals surface area contributed by atoms with Gasteiger partial charge in [-0.15, -0.1) is 0 Å². The van der Waals surface area contributed by atoms with E-state index in [9.17, 15) is 0 Å². The summed E-state index contributed by atoms with van der Waals surface area (Å²) in [4.78, 5) is 0. The van der Waals surface area contributed by atoms with Crippen molar-refractivity contribution in [2.45, 2.75) is 20.3 Å². The minimum absolute atomic E-state index is 0.968. The number of hydrogen-bond acceptors (Lipinski definition) is 0. The second kappa shape index (κ2) is 9.28. The maximum absolute atomic E-state index is 3.06. The second-order valence-electron chi connectivity index (χ2n) is 6.54. The first kappa shape index (κ1) is 18.3. The molecule has 0 aromatic rings. The van der Waals surface area contributed by atoms with Gasteiger partial charge in [0.2, 0.25) is 0 Å². The van der Waals surface area contributed by atoms with Crippen LogP contribution >= 0.6 is 0 Å². The summed E-state index contributed by atoms with van der Waals surface area (Å²) >= 11 is 0. The molecule has 0 amide bonds. The van der Waals surface area contributed by atoms with E-state index in [1.807, 2.05) is 38.2 Å². The van der Waals surface area contributed by atoms with E-state index in [-0.39, 0.29) is 0 Å². The number of fused-ring (bicyclic) bond motifs is 2. The SMILES string of the molecule is C/C1=C/C=C/C(=C2/C=C\C3=CC=CC=C(/C=C\2)C3)/C=C/C=C(\C)C#CC#C1. The van der Waals surface area contributed by atoms with Crippen LogP contribution in [-0.4, -0.2) is 0 Å². The molecule has 0 fully saturated rings. The summed E-state index contributed by atoms with van der Waals surface area (Å²) < 4.78 is 0. The molecule has 0 heterocycles. The van der Waals surface area contributed by atoms with E-state index in [0.29, 0.717) is 0 Å². The third-order valence-corrected chi connectivity index (χ3v) is 4.25. The lowest BCUT2D eigenvalue weighted by Gasteiger charge is -2.08. The van der Waals surface area contributed by atoms with E-state index in [0.717, 1.165) is 23.1 Å². The molecule has 0 heteroatoms. The molecule has 0 nitrogen and oxygen atoms in total. The van der Waals surface area contributed by atoms with E-state index in [4.69, 9.17) is 0 Å². The highest BCUT2D eigenvalue weighted by Crippen LogP contribution is 2.23. The molecular formula is C27H22. The summed E-state index contributed by atoms with van der Waals surface area (Å²) in [5.41, 5.74) is 6.92. The topological polar surface area (TPSA) is 0 Å². The van der Waals surface area contributed by atoms with Crippen LogP contribution < -0.4 is 0 Å². The normalized spacial score (nSPS) is 27.2. The first-order valence-corrected chi connectivity index (χ1v) is 9.09. The predicted octanol–water partition coefficient (Wildman–Crippen LogP) is 6.25. The van der Waals surface area contributed by atoms with Crippen molar-refractivity contribution in [2.75, 3.05) is 0 Å². The highest BCUT2D eigenvalue weighted by Gasteiger charge is 2.04. The Morgan fingerprint density at radius 1 is 0.556 bits per heavy atom. The van der Waals surface area contributed by atoms with Crippen molar-refractivity contribution in [2.24, 2.45) is 0 Å². The number of allylic oxidation sites excluding steroid dienone is 20. The molecule has 0 saturated carbocycles. The van der Waals surface area contributed by atoms with E-state index >= 15 is 0 Å². The van der Waals surface area contributed by atoms with Gasteiger partial charge >= 0.3 is 0 Å². The fraction of sp³-hybridized carbons (Fsp3) is 0.111. The summed E-state index contributed by atoms with van der Waals surface area (Å²) in [6, 6.07) is 0. The van der Waals surface area contributed by atoms with Crippen LogP contribution in [-0.2, 0) is 0 Å². The minimum Gasteiger partial charge on any atom is -0.0620 e. The summed E-state index contributed by atoms with van der Waals surface area (Å²) in [5.74, 6) is 11.9. The zero-order valence-corrected chi connectivity index (χ0v) is 15.8. The third-order valence-electron chi connectivity index (χ3n) is 4.25. The molecule has 0 radical (unpaired) electrons. The van der Waals surface area contributed by atoms with Gasteiger partial charge in [-0.25, -0.2) is 0 Å². The van der Waals surface area contributed by atoms with Gasteiger partial charge in [0.25, 0.3) is 0 Å². The average molecular weight is 346 g/mol. The summed E-state index contributed by atoms with van der Waals surface area (Å²) in [6.07, 6.45) is 30.7. The third kappa shape index (κ3) is 5.78. The molecule has 130 valence electrons. The Hall–Kier alpha value is -3.48. The summed E-state index contributed by atoms with van der Waals surface area (Å²) in [7, 11) is 0. The molecule has 0 aromatic heterocycles. The van der Waals surface area contributed by atoms with Gasteiger partial charge in [-0.1, -0.05) is 96.9 Å². The Balaban J connectivity index is 2.07. The highest BCUT2D eigenvalue weighted by molar-refractivity contribution is 5.54. The molecule has 0 spiro atoms. The van der Waals surface area contributed by atoms with Crippen molar-refractivity contribution < 1.29 is 0 Å². The number of hydrogen-bond donors (Lipinski definition) is 0. The van der Waals surface area contributed by atoms with Gasteiger partial charge in [0.05, 0.1) is 0 Å². The Morgan fingerprint density at radius 2 is 1.04 bits per heavy atom. The first-order chi connectivity index (χ1) is 13.2. The van der Waals surface area contributed by atoms with Crippen LogP contribution in [0, 0.1) is 23.7 Å². The van der Waals surface area contributed by atoms with Gasteiger partial charge in [-0.3, -0.25) is 0 Å². The quantitative estimate of drug-likeness (QED) is 0.455. The van der Waals surface area contributed by atoms with Crippen molar-refractivity contribution in [3.8, 4) is 23.7 Å². The molecule has 3 rings (SSSR count). The average Bonchev–Trinajstić information content (AvgIpc) is 2.88. The van der Waals surface area contributed by atoms with Gasteiger partial charge in [0, 0.05) is 0 Å². The molecule has 3 aliphatic carbocycles. The second-order valence-corrected chi connectivity index (χ2v) is 6.54. The van der Waals surface area contributed by atoms with Crippen LogP contribution in [0.5, 0.6) is 0 Å².